The molecule has 3 fully saturated rings. The van der Waals surface area contributed by atoms with Crippen molar-refractivity contribution >= 4 is 27.6 Å². The van der Waals surface area contributed by atoms with Gasteiger partial charge in [-0.25, -0.2) is 18.2 Å². The van der Waals surface area contributed by atoms with E-state index in [1.807, 2.05) is 6.92 Å². The van der Waals surface area contributed by atoms with E-state index in [1.54, 1.807) is 36.1 Å². The van der Waals surface area contributed by atoms with Gasteiger partial charge in [-0.05, 0) is 56.3 Å². The van der Waals surface area contributed by atoms with Gasteiger partial charge in [-0.1, -0.05) is 17.7 Å². The van der Waals surface area contributed by atoms with Crippen LogP contribution >= 0.6 is 0 Å². The number of nitrogens with one attached hydrogen (secondary N) is 1. The Morgan fingerprint density at radius 2 is 1.84 bits per heavy atom. The molecule has 0 saturated carbocycles. The maximum Gasteiger partial charge on any atom is 0.318 e. The molecule has 0 unspecified atom stereocenters. The maximum atomic E-state index is 14.9. The number of carbonyl (C=O) groups is 2. The molecule has 3 saturated heterocycles. The van der Waals surface area contributed by atoms with Gasteiger partial charge in [-0.3, -0.25) is 9.69 Å². The Bertz CT molecular complexity index is 1840. The van der Waals surface area contributed by atoms with Gasteiger partial charge in [0, 0.05) is 43.4 Å². The first-order chi connectivity index (χ1) is 21.6. The summed E-state index contributed by atoms with van der Waals surface area (Å²) >= 11 is 0. The van der Waals surface area contributed by atoms with Crippen molar-refractivity contribution in [2.24, 2.45) is 5.41 Å². The lowest BCUT2D eigenvalue weighted by atomic mass is 9.72. The zero-order valence-corrected chi connectivity index (χ0v) is 25.7. The zero-order chi connectivity index (χ0) is 31.6. The van der Waals surface area contributed by atoms with Crippen molar-refractivity contribution < 1.29 is 27.5 Å². The first-order valence-electron chi connectivity index (χ1n) is 14.8. The van der Waals surface area contributed by atoms with Gasteiger partial charge in [0.05, 0.1) is 53.6 Å². The number of ether oxygens (including phenoxy) is 2. The topological polar surface area (TPSA) is 145 Å². The molecule has 232 valence electrons. The van der Waals surface area contributed by atoms with E-state index in [9.17, 15) is 23.3 Å². The number of likely N-dealkylation sites (tertiary alicyclic amines) is 2. The molecule has 1 atom stereocenters. The van der Waals surface area contributed by atoms with E-state index in [0.29, 0.717) is 19.1 Å². The second-order valence-electron chi connectivity index (χ2n) is 12.2. The van der Waals surface area contributed by atoms with Crippen LogP contribution in [0.3, 0.4) is 0 Å². The van der Waals surface area contributed by atoms with Crippen LogP contribution in [0, 0.1) is 23.7 Å². The Kier molecular flexibility index (Phi) is 6.85. The molecular weight excluding hydrogens is 596 g/mol. The van der Waals surface area contributed by atoms with E-state index in [2.05, 4.69) is 21.3 Å². The number of nitriles is 1. The number of pyridine rings is 1. The number of sulfonamides is 1. The predicted octanol–water partition coefficient (Wildman–Crippen LogP) is 2.37. The van der Waals surface area contributed by atoms with Crippen molar-refractivity contribution in [3.63, 3.8) is 0 Å². The largest absolute Gasteiger partial charge is 0.478 e. The van der Waals surface area contributed by atoms with Crippen LogP contribution in [-0.4, -0.2) is 87.2 Å². The molecule has 0 radical (unpaired) electrons. The smallest absolute Gasteiger partial charge is 0.318 e. The maximum absolute atomic E-state index is 14.9. The molecule has 0 aliphatic carbocycles. The highest BCUT2D eigenvalue weighted by Gasteiger charge is 2.61. The number of hydrogen-bond donors (Lipinski definition) is 1. The number of nitrogens with zero attached hydrogens (tertiary/aromatic N) is 5. The molecule has 0 bridgehead atoms. The van der Waals surface area contributed by atoms with E-state index in [-0.39, 0.29) is 45.2 Å². The minimum Gasteiger partial charge on any atom is -0.478 e. The SMILES string of the molecule is CCOc1ncccc1[C@]1(NC(=O)N2CC3(C2)CN(C2COC2)C3)C(=O)N(S(=O)(=O)c2ccc(C)cc2)c2ccc(C#N)cc21. The molecule has 3 amide bonds. The van der Waals surface area contributed by atoms with Crippen molar-refractivity contribution in [2.75, 3.05) is 50.3 Å². The number of benzene rings is 2. The number of hydrogen-bond acceptors (Lipinski definition) is 9. The Balaban J connectivity index is 1.32. The van der Waals surface area contributed by atoms with Crippen LogP contribution in [0.5, 0.6) is 5.88 Å². The number of aromatic nitrogens is 1. The van der Waals surface area contributed by atoms with E-state index >= 15 is 0 Å². The van der Waals surface area contributed by atoms with Gasteiger partial charge < -0.3 is 19.7 Å². The Labute approximate surface area is 261 Å². The van der Waals surface area contributed by atoms with Crippen LogP contribution < -0.4 is 14.4 Å². The highest BCUT2D eigenvalue weighted by atomic mass is 32.2. The van der Waals surface area contributed by atoms with Crippen LogP contribution in [-0.2, 0) is 25.1 Å². The summed E-state index contributed by atoms with van der Waals surface area (Å²) in [4.78, 5) is 37.2. The summed E-state index contributed by atoms with van der Waals surface area (Å²) in [6, 6.07) is 15.6. The highest BCUT2D eigenvalue weighted by molar-refractivity contribution is 7.93. The second-order valence-corrected chi connectivity index (χ2v) is 13.9. The average Bonchev–Trinajstić information content (AvgIpc) is 3.20. The fourth-order valence-corrected chi connectivity index (χ4v) is 8.21. The third-order valence-electron chi connectivity index (χ3n) is 9.12. The number of aryl methyl sites for hydroxylation is 1. The molecule has 1 N–H and O–H groups in total. The van der Waals surface area contributed by atoms with Crippen molar-refractivity contribution in [3.05, 3.63) is 83.0 Å². The zero-order valence-electron chi connectivity index (χ0n) is 24.9. The monoisotopic (exact) mass is 628 g/mol. The molecule has 2 aromatic carbocycles. The Morgan fingerprint density at radius 3 is 2.49 bits per heavy atom. The molecule has 4 aliphatic heterocycles. The van der Waals surface area contributed by atoms with E-state index < -0.39 is 27.5 Å². The van der Waals surface area contributed by atoms with E-state index in [0.717, 1.165) is 36.2 Å². The van der Waals surface area contributed by atoms with Crippen LogP contribution in [0.4, 0.5) is 10.5 Å². The molecule has 12 nitrogen and oxygen atoms in total. The Morgan fingerprint density at radius 1 is 1.11 bits per heavy atom. The summed E-state index contributed by atoms with van der Waals surface area (Å²) in [5.74, 6) is -0.862. The van der Waals surface area contributed by atoms with E-state index in [1.165, 1.54) is 36.5 Å². The number of carbonyl (C=O) groups excluding carboxylic acids is 2. The van der Waals surface area contributed by atoms with Crippen molar-refractivity contribution in [1.29, 1.82) is 5.26 Å². The van der Waals surface area contributed by atoms with Gasteiger partial charge in [0.2, 0.25) is 5.88 Å². The fraction of sp³-hybridized carbons (Fsp3) is 0.375. The highest BCUT2D eigenvalue weighted by Crippen LogP contribution is 2.50. The standard InChI is InChI=1S/C32H32N6O6S/c1-3-44-28-25(5-4-12-34-28)32(35-30(40)37-19-31(20-37)17-36(18-31)23-15-43-16-23)26-13-22(14-33)8-11-27(26)38(29(32)39)45(41,42)24-9-6-21(2)7-10-24/h4-13,23H,3,15-20H2,1-2H3,(H,35,40)/t32-/m1/s1. The summed E-state index contributed by atoms with van der Waals surface area (Å²) in [6.45, 7) is 7.96. The normalized spacial score (nSPS) is 22.2. The Hall–Kier alpha value is -4.51. The van der Waals surface area contributed by atoms with Crippen molar-refractivity contribution in [2.45, 2.75) is 30.3 Å². The number of urea groups is 1. The van der Waals surface area contributed by atoms with Gasteiger partial charge in [0.25, 0.3) is 15.9 Å². The van der Waals surface area contributed by atoms with Gasteiger partial charge in [0.1, 0.15) is 0 Å². The molecular formula is C32H32N6O6S. The van der Waals surface area contributed by atoms with Crippen LogP contribution in [0.25, 0.3) is 0 Å². The average molecular weight is 629 g/mol. The number of anilines is 1. The second kappa shape index (κ2) is 10.5. The third-order valence-corrected chi connectivity index (χ3v) is 10.8. The van der Waals surface area contributed by atoms with Gasteiger partial charge in [-0.15, -0.1) is 0 Å². The predicted molar refractivity (Wildman–Crippen MR) is 162 cm³/mol. The first kappa shape index (κ1) is 29.2. The molecule has 45 heavy (non-hydrogen) atoms. The summed E-state index contributed by atoms with van der Waals surface area (Å²) in [7, 11) is -4.46. The molecule has 4 aliphatic rings. The van der Waals surface area contributed by atoms with Crippen LogP contribution in [0.15, 0.2) is 65.7 Å². The molecule has 13 heteroatoms. The quantitative estimate of drug-likeness (QED) is 0.417. The van der Waals surface area contributed by atoms with Gasteiger partial charge >= 0.3 is 6.03 Å². The first-order valence-corrected chi connectivity index (χ1v) is 16.2. The summed E-state index contributed by atoms with van der Waals surface area (Å²) in [5.41, 5.74) is -0.706. The summed E-state index contributed by atoms with van der Waals surface area (Å²) in [6.07, 6.45) is 1.49. The van der Waals surface area contributed by atoms with Gasteiger partial charge in [-0.2, -0.15) is 9.57 Å². The van der Waals surface area contributed by atoms with E-state index in [4.69, 9.17) is 9.47 Å². The molecule has 3 aromatic rings. The van der Waals surface area contributed by atoms with Crippen LogP contribution in [0.2, 0.25) is 0 Å². The van der Waals surface area contributed by atoms with Crippen molar-refractivity contribution in [1.82, 2.24) is 20.1 Å². The minimum absolute atomic E-state index is 0.0166. The number of rotatable bonds is 7. The number of fused-ring (bicyclic) bond motifs is 1. The molecule has 1 spiro atoms. The summed E-state index contributed by atoms with van der Waals surface area (Å²) in [5, 5.41) is 12.8. The lowest BCUT2D eigenvalue weighted by Gasteiger charge is -2.62. The molecule has 1 aromatic heterocycles. The van der Waals surface area contributed by atoms with Gasteiger partial charge in [0.15, 0.2) is 5.54 Å². The number of amides is 3. The third kappa shape index (κ3) is 4.47. The lowest BCUT2D eigenvalue weighted by molar-refractivity contribution is -0.165. The molecule has 7 rings (SSSR count). The lowest BCUT2D eigenvalue weighted by Crippen LogP contribution is -2.77. The van der Waals surface area contributed by atoms with Crippen LogP contribution in [0.1, 0.15) is 29.2 Å². The minimum atomic E-state index is -4.46. The summed E-state index contributed by atoms with van der Waals surface area (Å²) < 4.78 is 40.3. The molecule has 5 heterocycles. The fourth-order valence-electron chi connectivity index (χ4n) is 6.74. The van der Waals surface area contributed by atoms with Crippen molar-refractivity contribution in [3.8, 4) is 11.9 Å².